The minimum absolute atomic E-state index is 0.191. The van der Waals surface area contributed by atoms with Gasteiger partial charge in [-0.15, -0.1) is 0 Å². The van der Waals surface area contributed by atoms with E-state index < -0.39 is 0 Å². The predicted octanol–water partition coefficient (Wildman–Crippen LogP) is 2.68. The fraction of sp³-hybridized carbons (Fsp3) is 0.357. The van der Waals surface area contributed by atoms with E-state index in [2.05, 4.69) is 34.0 Å². The molecule has 0 aliphatic carbocycles. The molecule has 0 spiro atoms. The van der Waals surface area contributed by atoms with Gasteiger partial charge in [-0.05, 0) is 45.1 Å². The molecule has 7 heteroatoms. The van der Waals surface area contributed by atoms with Gasteiger partial charge in [-0.1, -0.05) is 0 Å². The Morgan fingerprint density at radius 3 is 2.67 bits per heavy atom. The third-order valence-corrected chi connectivity index (χ3v) is 3.53. The van der Waals surface area contributed by atoms with Crippen LogP contribution in [0.15, 0.2) is 23.3 Å². The number of aryl methyl sites for hydroxylation is 1. The molecule has 2 aromatic rings. The number of phenolic OH excluding ortho intramolecular Hbond substituents is 1. The third kappa shape index (κ3) is 3.30. The van der Waals surface area contributed by atoms with E-state index in [4.69, 9.17) is 12.2 Å². The smallest absolute Gasteiger partial charge is 0.216 e. The molecule has 0 aliphatic heterocycles. The average molecular weight is 305 g/mol. The number of hydrogen-bond acceptors (Lipinski definition) is 5. The highest BCUT2D eigenvalue weighted by molar-refractivity contribution is 7.71. The number of benzene rings is 1. The molecule has 0 aliphatic rings. The molecule has 0 amide bonds. The maximum absolute atomic E-state index is 10.1. The first-order chi connectivity index (χ1) is 10.1. The second-order valence-corrected chi connectivity index (χ2v) is 4.93. The van der Waals surface area contributed by atoms with Crippen molar-refractivity contribution in [2.75, 3.05) is 18.0 Å². The van der Waals surface area contributed by atoms with Gasteiger partial charge in [-0.25, -0.2) is 0 Å². The molecule has 2 N–H and O–H groups in total. The van der Waals surface area contributed by atoms with Crippen LogP contribution in [-0.2, 0) is 0 Å². The van der Waals surface area contributed by atoms with Gasteiger partial charge in [0, 0.05) is 30.4 Å². The van der Waals surface area contributed by atoms with Crippen LogP contribution >= 0.6 is 12.2 Å². The van der Waals surface area contributed by atoms with E-state index in [1.54, 1.807) is 19.2 Å². The fourth-order valence-corrected chi connectivity index (χ4v) is 2.28. The molecule has 0 atom stereocenters. The summed E-state index contributed by atoms with van der Waals surface area (Å²) >= 11 is 5.07. The number of nitrogens with zero attached hydrogens (tertiary/aromatic N) is 4. The number of phenols is 1. The largest absolute Gasteiger partial charge is 0.507 e. The summed E-state index contributed by atoms with van der Waals surface area (Å²) in [5.74, 6) is 0.853. The summed E-state index contributed by atoms with van der Waals surface area (Å²) in [5, 5.41) is 21.0. The van der Waals surface area contributed by atoms with E-state index in [9.17, 15) is 5.11 Å². The second kappa shape index (κ2) is 6.53. The summed E-state index contributed by atoms with van der Waals surface area (Å²) in [7, 11) is 0. The lowest BCUT2D eigenvalue weighted by Gasteiger charge is -2.21. The van der Waals surface area contributed by atoms with Crippen molar-refractivity contribution >= 4 is 24.1 Å². The molecule has 1 heterocycles. The normalized spacial score (nSPS) is 11.2. The van der Waals surface area contributed by atoms with Crippen LogP contribution in [0.25, 0.3) is 0 Å². The average Bonchev–Trinajstić information content (AvgIpc) is 2.79. The van der Waals surface area contributed by atoms with Gasteiger partial charge in [0.05, 0.1) is 6.21 Å². The monoisotopic (exact) mass is 305 g/mol. The van der Waals surface area contributed by atoms with Crippen LogP contribution in [0.5, 0.6) is 5.75 Å². The third-order valence-electron chi connectivity index (χ3n) is 3.27. The fourth-order valence-electron chi connectivity index (χ4n) is 2.05. The summed E-state index contributed by atoms with van der Waals surface area (Å²) in [6.07, 6.45) is 1.57. The Morgan fingerprint density at radius 1 is 1.43 bits per heavy atom. The zero-order valence-corrected chi connectivity index (χ0v) is 13.2. The second-order valence-electron chi connectivity index (χ2n) is 4.55. The van der Waals surface area contributed by atoms with Crippen LogP contribution in [0.4, 0.5) is 5.69 Å². The topological polar surface area (TPSA) is 69.4 Å². The lowest BCUT2D eigenvalue weighted by molar-refractivity contribution is 0.474. The first-order valence-electron chi connectivity index (χ1n) is 6.83. The quantitative estimate of drug-likeness (QED) is 0.658. The zero-order valence-electron chi connectivity index (χ0n) is 12.4. The molecule has 0 saturated heterocycles. The molecule has 0 saturated carbocycles. The SMILES string of the molecule is CCN(CC)c1ccc(/C=N/n2c(C)n[nH]c2=S)c(O)c1. The number of aromatic nitrogens is 3. The highest BCUT2D eigenvalue weighted by atomic mass is 32.1. The molecule has 0 bridgehead atoms. The lowest BCUT2D eigenvalue weighted by atomic mass is 10.2. The summed E-state index contributed by atoms with van der Waals surface area (Å²) in [4.78, 5) is 2.16. The van der Waals surface area contributed by atoms with Crippen LogP contribution < -0.4 is 4.90 Å². The minimum Gasteiger partial charge on any atom is -0.507 e. The molecule has 0 unspecified atom stereocenters. The number of hydrogen-bond donors (Lipinski definition) is 2. The molecule has 1 aromatic heterocycles. The Morgan fingerprint density at radius 2 is 2.14 bits per heavy atom. The summed E-state index contributed by atoms with van der Waals surface area (Å²) in [5.41, 5.74) is 1.62. The van der Waals surface area contributed by atoms with Gasteiger partial charge in [-0.3, -0.25) is 5.10 Å². The van der Waals surface area contributed by atoms with Crippen LogP contribution in [0.3, 0.4) is 0 Å². The van der Waals surface area contributed by atoms with Crippen molar-refractivity contribution in [1.29, 1.82) is 0 Å². The number of aromatic amines is 1. The molecular weight excluding hydrogens is 286 g/mol. The van der Waals surface area contributed by atoms with Gasteiger partial charge in [0.1, 0.15) is 11.6 Å². The molecular formula is C14H19N5OS. The van der Waals surface area contributed by atoms with Gasteiger partial charge >= 0.3 is 0 Å². The van der Waals surface area contributed by atoms with E-state index >= 15 is 0 Å². The summed E-state index contributed by atoms with van der Waals surface area (Å²) < 4.78 is 1.93. The Hall–Kier alpha value is -2.15. The van der Waals surface area contributed by atoms with Crippen molar-refractivity contribution in [1.82, 2.24) is 14.9 Å². The molecule has 1 aromatic carbocycles. The van der Waals surface area contributed by atoms with Crippen molar-refractivity contribution in [3.05, 3.63) is 34.4 Å². The highest BCUT2D eigenvalue weighted by Crippen LogP contribution is 2.23. The highest BCUT2D eigenvalue weighted by Gasteiger charge is 2.06. The van der Waals surface area contributed by atoms with Crippen molar-refractivity contribution in [3.63, 3.8) is 0 Å². The Balaban J connectivity index is 2.28. The van der Waals surface area contributed by atoms with Crippen molar-refractivity contribution < 1.29 is 5.11 Å². The van der Waals surface area contributed by atoms with Crippen molar-refractivity contribution in [3.8, 4) is 5.75 Å². The van der Waals surface area contributed by atoms with Crippen molar-refractivity contribution in [2.45, 2.75) is 20.8 Å². The Bertz CT molecular complexity index is 700. The first-order valence-corrected chi connectivity index (χ1v) is 7.24. The van der Waals surface area contributed by atoms with Gasteiger partial charge in [0.25, 0.3) is 0 Å². The molecule has 0 fully saturated rings. The van der Waals surface area contributed by atoms with Crippen LogP contribution in [0.2, 0.25) is 0 Å². The van der Waals surface area contributed by atoms with E-state index in [0.717, 1.165) is 18.8 Å². The Labute approximate surface area is 128 Å². The molecule has 0 radical (unpaired) electrons. The molecule has 6 nitrogen and oxygen atoms in total. The molecule has 112 valence electrons. The Kier molecular flexibility index (Phi) is 4.74. The number of H-pyrrole nitrogens is 1. The van der Waals surface area contributed by atoms with Gasteiger partial charge in [-0.2, -0.15) is 14.9 Å². The predicted molar refractivity (Wildman–Crippen MR) is 86.8 cm³/mol. The van der Waals surface area contributed by atoms with Gasteiger partial charge < -0.3 is 10.0 Å². The first kappa shape index (κ1) is 15.2. The van der Waals surface area contributed by atoms with Crippen molar-refractivity contribution in [2.24, 2.45) is 5.10 Å². The van der Waals surface area contributed by atoms with E-state index in [0.29, 0.717) is 16.2 Å². The summed E-state index contributed by atoms with van der Waals surface area (Å²) in [6.45, 7) is 7.76. The standard InChI is InChI=1S/C14H19N5OS/c1-4-18(5-2)12-7-6-11(13(20)8-12)9-15-19-10(3)16-17-14(19)21/h6-9,20H,4-5H2,1-3H3,(H,17,21)/b15-9+. The minimum atomic E-state index is 0.191. The van der Waals surface area contributed by atoms with Gasteiger partial charge in [0.2, 0.25) is 4.77 Å². The van der Waals surface area contributed by atoms with Gasteiger partial charge in [0.15, 0.2) is 0 Å². The maximum atomic E-state index is 10.1. The van der Waals surface area contributed by atoms with E-state index in [-0.39, 0.29) is 5.75 Å². The molecule has 21 heavy (non-hydrogen) atoms. The van der Waals surface area contributed by atoms with Crippen LogP contribution in [-0.4, -0.2) is 39.3 Å². The number of nitrogens with one attached hydrogen (secondary N) is 1. The number of aromatic hydroxyl groups is 1. The van der Waals surface area contributed by atoms with E-state index in [1.165, 1.54) is 4.68 Å². The number of rotatable bonds is 5. The molecule has 2 rings (SSSR count). The van der Waals surface area contributed by atoms with Crippen LogP contribution in [0, 0.1) is 11.7 Å². The van der Waals surface area contributed by atoms with E-state index in [1.807, 2.05) is 12.1 Å². The lowest BCUT2D eigenvalue weighted by Crippen LogP contribution is -2.21. The van der Waals surface area contributed by atoms with Crippen LogP contribution in [0.1, 0.15) is 25.2 Å². The zero-order chi connectivity index (χ0) is 15.4. The summed E-state index contributed by atoms with van der Waals surface area (Å²) in [6, 6.07) is 5.55. The number of anilines is 1. The maximum Gasteiger partial charge on any atom is 0.216 e.